The number of rotatable bonds is 3. The van der Waals surface area contributed by atoms with E-state index in [1.807, 2.05) is 24.4 Å². The molecule has 0 aromatic heterocycles. The van der Waals surface area contributed by atoms with Crippen LogP contribution < -0.4 is 0 Å². The Kier molecular flexibility index (Phi) is 5.63. The van der Waals surface area contributed by atoms with Crippen LogP contribution in [0.3, 0.4) is 0 Å². The lowest BCUT2D eigenvalue weighted by atomic mass is 9.47. The number of hydrogen-bond acceptors (Lipinski definition) is 4. The highest BCUT2D eigenvalue weighted by Gasteiger charge is 2.60. The zero-order chi connectivity index (χ0) is 21.8. The summed E-state index contributed by atoms with van der Waals surface area (Å²) in [6, 6.07) is 0. The fourth-order valence-corrected chi connectivity index (χ4v) is 8.20. The van der Waals surface area contributed by atoms with E-state index in [4.69, 9.17) is 4.74 Å². The number of nitrogens with zero attached hydrogens (tertiary/aromatic N) is 1. The maximum absolute atomic E-state index is 13.0. The molecule has 0 aromatic carbocycles. The van der Waals surface area contributed by atoms with Gasteiger partial charge < -0.3 is 9.64 Å². The number of fused-ring (bicyclic) bond motifs is 5. The Morgan fingerprint density at radius 3 is 2.81 bits per heavy atom. The molecule has 5 rings (SSSR count). The standard InChI is InChI=1S/C26H34INO3/c1-25-11-9-19(29)14-18(25)5-6-20-21-7-8-23(26(21,2)12-10-22(20)25)31-24(30)17-4-3-13-28(15-17)16-27/h3-4,13-14,20-23H,5-12,15-16H2,1-2H3/t20-,21-,22-,23-,25-,26-/m0/s1. The molecular weight excluding hydrogens is 501 g/mol. The third kappa shape index (κ3) is 3.53. The Labute approximate surface area is 199 Å². The minimum atomic E-state index is -0.125. The molecule has 6 atom stereocenters. The topological polar surface area (TPSA) is 46.6 Å². The average molecular weight is 535 g/mol. The first kappa shape index (κ1) is 21.7. The van der Waals surface area contributed by atoms with Gasteiger partial charge in [-0.3, -0.25) is 4.79 Å². The summed E-state index contributed by atoms with van der Waals surface area (Å²) in [5.74, 6) is 2.21. The van der Waals surface area contributed by atoms with E-state index in [9.17, 15) is 9.59 Å². The van der Waals surface area contributed by atoms with Crippen molar-refractivity contribution in [3.63, 3.8) is 0 Å². The molecule has 3 saturated carbocycles. The van der Waals surface area contributed by atoms with Crippen LogP contribution in [0.5, 0.6) is 0 Å². The van der Waals surface area contributed by atoms with Gasteiger partial charge in [0.15, 0.2) is 5.78 Å². The summed E-state index contributed by atoms with van der Waals surface area (Å²) in [5.41, 5.74) is 2.49. The van der Waals surface area contributed by atoms with Gasteiger partial charge in [0, 0.05) is 18.0 Å². The number of esters is 1. The molecule has 4 nitrogen and oxygen atoms in total. The molecule has 0 aromatic rings. The molecule has 5 aliphatic rings. The first-order chi connectivity index (χ1) is 14.8. The van der Waals surface area contributed by atoms with Gasteiger partial charge in [-0.1, -0.05) is 42.0 Å². The summed E-state index contributed by atoms with van der Waals surface area (Å²) in [7, 11) is 0. The van der Waals surface area contributed by atoms with Crippen molar-refractivity contribution >= 4 is 34.3 Å². The van der Waals surface area contributed by atoms with Gasteiger partial charge in [0.1, 0.15) is 6.10 Å². The van der Waals surface area contributed by atoms with Crippen LogP contribution in [0.4, 0.5) is 0 Å². The molecule has 168 valence electrons. The smallest absolute Gasteiger partial charge is 0.336 e. The number of hydrogen-bond donors (Lipinski definition) is 0. The number of halogens is 1. The van der Waals surface area contributed by atoms with Crippen LogP contribution in [0.25, 0.3) is 0 Å². The van der Waals surface area contributed by atoms with Crippen LogP contribution in [0.1, 0.15) is 65.2 Å². The summed E-state index contributed by atoms with van der Waals surface area (Å²) >= 11 is 2.32. The van der Waals surface area contributed by atoms with Crippen LogP contribution in [-0.2, 0) is 14.3 Å². The minimum absolute atomic E-state index is 0.0310. The normalized spacial score (nSPS) is 41.6. The van der Waals surface area contributed by atoms with E-state index in [0.717, 1.165) is 35.8 Å². The van der Waals surface area contributed by atoms with Crippen molar-refractivity contribution < 1.29 is 14.3 Å². The second-order valence-electron chi connectivity index (χ2n) is 10.9. The number of carbonyl (C=O) groups is 2. The van der Waals surface area contributed by atoms with Crippen molar-refractivity contribution in [2.45, 2.75) is 71.3 Å². The van der Waals surface area contributed by atoms with Gasteiger partial charge in [-0.15, -0.1) is 0 Å². The Morgan fingerprint density at radius 2 is 2.00 bits per heavy atom. The lowest BCUT2D eigenvalue weighted by molar-refractivity contribution is -0.155. The fourth-order valence-electron chi connectivity index (χ4n) is 7.73. The molecule has 4 aliphatic carbocycles. The van der Waals surface area contributed by atoms with Gasteiger partial charge in [0.05, 0.1) is 16.7 Å². The van der Waals surface area contributed by atoms with Crippen LogP contribution in [-0.4, -0.2) is 33.9 Å². The Bertz CT molecular complexity index is 876. The van der Waals surface area contributed by atoms with E-state index in [0.29, 0.717) is 36.5 Å². The van der Waals surface area contributed by atoms with E-state index in [1.54, 1.807) is 0 Å². The lowest BCUT2D eigenvalue weighted by Crippen LogP contribution is -2.51. The SMILES string of the molecule is C[C@]12CC[C@H]3[C@@H](CCC4=CC(=O)CC[C@@]43C)[C@@H]1CC[C@@H]2OC(=O)C1=CC=CN(CI)C1. The average Bonchev–Trinajstić information content (AvgIpc) is 3.10. The maximum atomic E-state index is 13.0. The summed E-state index contributed by atoms with van der Waals surface area (Å²) in [6.07, 6.45) is 16.4. The Balaban J connectivity index is 1.32. The summed E-state index contributed by atoms with van der Waals surface area (Å²) in [4.78, 5) is 27.2. The van der Waals surface area contributed by atoms with Gasteiger partial charge in [0.25, 0.3) is 0 Å². The predicted molar refractivity (Wildman–Crippen MR) is 129 cm³/mol. The molecule has 1 aliphatic heterocycles. The van der Waals surface area contributed by atoms with Crippen LogP contribution in [0, 0.1) is 28.6 Å². The Morgan fingerprint density at radius 1 is 1.16 bits per heavy atom. The predicted octanol–water partition coefficient (Wildman–Crippen LogP) is 5.58. The van der Waals surface area contributed by atoms with E-state index in [2.05, 4.69) is 41.3 Å². The summed E-state index contributed by atoms with van der Waals surface area (Å²) in [6.45, 7) is 5.46. The highest BCUT2D eigenvalue weighted by molar-refractivity contribution is 14.1. The number of allylic oxidation sites excluding steroid dienone is 3. The van der Waals surface area contributed by atoms with Gasteiger partial charge >= 0.3 is 5.97 Å². The second kappa shape index (κ2) is 8.03. The highest BCUT2D eigenvalue weighted by atomic mass is 127. The largest absolute Gasteiger partial charge is 0.458 e. The number of carbonyl (C=O) groups excluding carboxylic acids is 2. The molecule has 31 heavy (non-hydrogen) atoms. The number of alkyl halides is 1. The molecule has 0 amide bonds. The molecule has 0 N–H and O–H groups in total. The third-order valence-electron chi connectivity index (χ3n) is 9.51. The molecule has 0 radical (unpaired) electrons. The van der Waals surface area contributed by atoms with Crippen molar-refractivity contribution in [3.8, 4) is 0 Å². The quantitative estimate of drug-likeness (QED) is 0.205. The molecule has 0 spiro atoms. The molecule has 3 fully saturated rings. The van der Waals surface area contributed by atoms with Crippen molar-refractivity contribution in [3.05, 3.63) is 35.6 Å². The summed E-state index contributed by atoms with van der Waals surface area (Å²) in [5, 5.41) is 0. The van der Waals surface area contributed by atoms with Crippen molar-refractivity contribution in [2.24, 2.45) is 28.6 Å². The molecule has 0 saturated heterocycles. The minimum Gasteiger partial charge on any atom is -0.458 e. The van der Waals surface area contributed by atoms with Crippen LogP contribution in [0.15, 0.2) is 35.6 Å². The zero-order valence-electron chi connectivity index (χ0n) is 18.7. The monoisotopic (exact) mass is 535 g/mol. The third-order valence-corrected chi connectivity index (χ3v) is 10.4. The first-order valence-electron chi connectivity index (χ1n) is 12.0. The van der Waals surface area contributed by atoms with E-state index < -0.39 is 0 Å². The van der Waals surface area contributed by atoms with Gasteiger partial charge in [-0.25, -0.2) is 4.79 Å². The first-order valence-corrected chi connectivity index (χ1v) is 13.5. The van der Waals surface area contributed by atoms with Crippen molar-refractivity contribution in [1.29, 1.82) is 0 Å². The zero-order valence-corrected chi connectivity index (χ0v) is 20.9. The maximum Gasteiger partial charge on any atom is 0.336 e. The van der Waals surface area contributed by atoms with Crippen molar-refractivity contribution in [2.75, 3.05) is 11.1 Å². The summed E-state index contributed by atoms with van der Waals surface area (Å²) < 4.78 is 7.08. The molecule has 0 unspecified atom stereocenters. The van der Waals surface area contributed by atoms with Gasteiger partial charge in [-0.2, -0.15) is 0 Å². The fraction of sp³-hybridized carbons (Fsp3) is 0.692. The van der Waals surface area contributed by atoms with Crippen LogP contribution in [0.2, 0.25) is 0 Å². The van der Waals surface area contributed by atoms with Gasteiger partial charge in [-0.05, 0) is 86.3 Å². The number of ether oxygens (including phenoxy) is 1. The van der Waals surface area contributed by atoms with E-state index in [1.165, 1.54) is 24.8 Å². The highest BCUT2D eigenvalue weighted by Crippen LogP contribution is 2.65. The second-order valence-corrected chi connectivity index (χ2v) is 11.6. The molecule has 5 heteroatoms. The van der Waals surface area contributed by atoms with Crippen molar-refractivity contribution in [1.82, 2.24) is 4.90 Å². The molecule has 1 heterocycles. The van der Waals surface area contributed by atoms with Crippen LogP contribution >= 0.6 is 22.6 Å². The molecular formula is C26H34INO3. The number of ketones is 1. The Hall–Kier alpha value is -1.11. The van der Waals surface area contributed by atoms with E-state index in [-0.39, 0.29) is 22.9 Å². The lowest BCUT2D eigenvalue weighted by Gasteiger charge is -2.57. The molecule has 0 bridgehead atoms. The van der Waals surface area contributed by atoms with Gasteiger partial charge in [0.2, 0.25) is 0 Å². The van der Waals surface area contributed by atoms with E-state index >= 15 is 0 Å².